The van der Waals surface area contributed by atoms with Crippen molar-refractivity contribution >= 4 is 12.2 Å². The molecule has 2 aliphatic heterocycles. The lowest BCUT2D eigenvalue weighted by molar-refractivity contribution is -0.143. The Balaban J connectivity index is 1.93. The van der Waals surface area contributed by atoms with Crippen LogP contribution in [0.5, 0.6) is 0 Å². The molecule has 7 nitrogen and oxygen atoms in total. The minimum absolute atomic E-state index is 0.108. The fourth-order valence-corrected chi connectivity index (χ4v) is 3.78. The van der Waals surface area contributed by atoms with E-state index >= 15 is 0 Å². The quantitative estimate of drug-likeness (QED) is 0.570. The van der Waals surface area contributed by atoms with Gasteiger partial charge in [-0.25, -0.2) is 5.84 Å². The van der Waals surface area contributed by atoms with Crippen LogP contribution >= 0.6 is 0 Å². The highest BCUT2D eigenvalue weighted by atomic mass is 16.5. The van der Waals surface area contributed by atoms with Gasteiger partial charge in [0.15, 0.2) is 0 Å². The summed E-state index contributed by atoms with van der Waals surface area (Å²) in [5.41, 5.74) is 7.24. The zero-order valence-corrected chi connectivity index (χ0v) is 14.5. The lowest BCUT2D eigenvalue weighted by atomic mass is 9.83. The average Bonchev–Trinajstić information content (AvgIpc) is 3.28. The summed E-state index contributed by atoms with van der Waals surface area (Å²) in [6.07, 6.45) is 4.54. The Kier molecular flexibility index (Phi) is 4.57. The molecule has 2 heterocycles. The topological polar surface area (TPSA) is 102 Å². The molecule has 24 heavy (non-hydrogen) atoms. The number of hydrogen-bond donors (Lipinski definition) is 2. The zero-order chi connectivity index (χ0) is 17.5. The Morgan fingerprint density at radius 2 is 2.04 bits per heavy atom. The van der Waals surface area contributed by atoms with Crippen LogP contribution in [0.1, 0.15) is 39.5 Å². The third kappa shape index (κ3) is 3.02. The smallest absolute Gasteiger partial charge is 0.248 e. The average molecular weight is 336 g/mol. The highest BCUT2D eigenvalue weighted by Crippen LogP contribution is 2.38. The Morgan fingerprint density at radius 1 is 1.33 bits per heavy atom. The van der Waals surface area contributed by atoms with E-state index in [0.717, 1.165) is 37.7 Å². The predicted octanol–water partition coefficient (Wildman–Crippen LogP) is 0.357. The summed E-state index contributed by atoms with van der Waals surface area (Å²) >= 11 is 0. The number of likely N-dealkylation sites (tertiary alicyclic amines) is 1. The Hall–Kier alpha value is -1.60. The standard InChI is InChI=1S/C17H28N4O3/c1-17(2)10-24-9-13(14(18)11-5-6-11)21(19)15(17)16(23)20-7-3-4-12(20)8-22/h8,11-12,15H,3-7,9-10,18-19H2,1-2H3/b14-13-. The summed E-state index contributed by atoms with van der Waals surface area (Å²) < 4.78 is 5.79. The SMILES string of the molecule is CC1(C)COC/C(=C(/N)C2CC2)N(N)C1C(=O)N1CCCC1C=O. The van der Waals surface area contributed by atoms with Gasteiger partial charge in [0.2, 0.25) is 5.91 Å². The van der Waals surface area contributed by atoms with Crippen molar-refractivity contribution in [1.29, 1.82) is 0 Å². The maximum Gasteiger partial charge on any atom is 0.248 e. The number of hydrogen-bond acceptors (Lipinski definition) is 6. The van der Waals surface area contributed by atoms with Crippen molar-refractivity contribution in [2.45, 2.75) is 51.6 Å². The van der Waals surface area contributed by atoms with Crippen molar-refractivity contribution in [3.63, 3.8) is 0 Å². The number of allylic oxidation sites excluding steroid dienone is 1. The van der Waals surface area contributed by atoms with Crippen LogP contribution in [-0.2, 0) is 14.3 Å². The first kappa shape index (κ1) is 17.2. The van der Waals surface area contributed by atoms with Crippen LogP contribution in [0.4, 0.5) is 0 Å². The second-order valence-corrected chi connectivity index (χ2v) is 7.84. The number of aldehydes is 1. The lowest BCUT2D eigenvalue weighted by Crippen LogP contribution is -2.59. The van der Waals surface area contributed by atoms with Gasteiger partial charge in [0, 0.05) is 23.6 Å². The molecular weight excluding hydrogens is 308 g/mol. The molecular formula is C17H28N4O3. The third-order valence-electron chi connectivity index (χ3n) is 5.37. The molecule has 2 saturated heterocycles. The zero-order valence-electron chi connectivity index (χ0n) is 14.5. The Morgan fingerprint density at radius 3 is 2.67 bits per heavy atom. The Labute approximate surface area is 142 Å². The number of hydrazine groups is 1. The summed E-state index contributed by atoms with van der Waals surface area (Å²) in [6, 6.07) is -0.938. The highest BCUT2D eigenvalue weighted by molar-refractivity contribution is 5.86. The van der Waals surface area contributed by atoms with Gasteiger partial charge in [-0.05, 0) is 25.7 Å². The summed E-state index contributed by atoms with van der Waals surface area (Å²) in [5.74, 6) is 6.64. The van der Waals surface area contributed by atoms with Crippen molar-refractivity contribution in [3.05, 3.63) is 11.4 Å². The highest BCUT2D eigenvalue weighted by Gasteiger charge is 2.47. The van der Waals surface area contributed by atoms with E-state index in [2.05, 4.69) is 0 Å². The van der Waals surface area contributed by atoms with Gasteiger partial charge in [0.05, 0.1) is 25.0 Å². The van der Waals surface area contributed by atoms with Gasteiger partial charge in [-0.3, -0.25) is 9.80 Å². The molecule has 0 spiro atoms. The van der Waals surface area contributed by atoms with Crippen molar-refractivity contribution < 1.29 is 14.3 Å². The van der Waals surface area contributed by atoms with Gasteiger partial charge >= 0.3 is 0 Å². The predicted molar refractivity (Wildman–Crippen MR) is 89.2 cm³/mol. The van der Waals surface area contributed by atoms with Crippen molar-refractivity contribution in [2.24, 2.45) is 22.9 Å². The van der Waals surface area contributed by atoms with E-state index in [4.69, 9.17) is 16.3 Å². The first-order valence-corrected chi connectivity index (χ1v) is 8.73. The second kappa shape index (κ2) is 6.37. The largest absolute Gasteiger partial charge is 0.400 e. The molecule has 0 aromatic heterocycles. The lowest BCUT2D eigenvalue weighted by Gasteiger charge is -2.40. The molecule has 3 fully saturated rings. The van der Waals surface area contributed by atoms with E-state index in [1.807, 2.05) is 13.8 Å². The minimum atomic E-state index is -0.590. The Bertz CT molecular complexity index is 556. The van der Waals surface area contributed by atoms with Gasteiger partial charge in [-0.2, -0.15) is 0 Å². The van der Waals surface area contributed by atoms with Gasteiger partial charge in [-0.15, -0.1) is 0 Å². The van der Waals surface area contributed by atoms with E-state index in [1.54, 1.807) is 4.90 Å². The monoisotopic (exact) mass is 336 g/mol. The van der Waals surface area contributed by atoms with E-state index in [-0.39, 0.29) is 11.9 Å². The van der Waals surface area contributed by atoms with E-state index < -0.39 is 11.5 Å². The summed E-state index contributed by atoms with van der Waals surface area (Å²) in [7, 11) is 0. The number of ether oxygens (including phenoxy) is 1. The van der Waals surface area contributed by atoms with Gasteiger partial charge in [-0.1, -0.05) is 13.8 Å². The number of rotatable bonds is 3. The molecule has 1 aliphatic carbocycles. The molecule has 2 unspecified atom stereocenters. The number of carbonyl (C=O) groups excluding carboxylic acids is 2. The maximum absolute atomic E-state index is 13.2. The molecule has 3 rings (SSSR count). The summed E-state index contributed by atoms with van der Waals surface area (Å²) in [6.45, 7) is 5.28. The first-order valence-electron chi connectivity index (χ1n) is 8.73. The van der Waals surface area contributed by atoms with E-state index in [9.17, 15) is 9.59 Å². The van der Waals surface area contributed by atoms with E-state index in [1.165, 1.54) is 5.01 Å². The molecule has 1 amide bonds. The second-order valence-electron chi connectivity index (χ2n) is 7.84. The summed E-state index contributed by atoms with van der Waals surface area (Å²) in [5, 5.41) is 1.52. The van der Waals surface area contributed by atoms with Gasteiger partial charge < -0.3 is 20.2 Å². The fraction of sp³-hybridized carbons (Fsp3) is 0.765. The normalized spacial score (nSPS) is 32.5. The number of carbonyl (C=O) groups is 2. The third-order valence-corrected chi connectivity index (χ3v) is 5.37. The van der Waals surface area contributed by atoms with Crippen LogP contribution in [-0.4, -0.2) is 53.9 Å². The van der Waals surface area contributed by atoms with Crippen LogP contribution in [0.15, 0.2) is 11.4 Å². The van der Waals surface area contributed by atoms with Crippen LogP contribution in [0.3, 0.4) is 0 Å². The first-order chi connectivity index (χ1) is 11.4. The van der Waals surface area contributed by atoms with Crippen molar-refractivity contribution in [3.8, 4) is 0 Å². The molecule has 3 aliphatic rings. The maximum atomic E-state index is 13.2. The van der Waals surface area contributed by atoms with Crippen LogP contribution in [0.25, 0.3) is 0 Å². The number of amides is 1. The minimum Gasteiger partial charge on any atom is -0.400 e. The molecule has 134 valence electrons. The van der Waals surface area contributed by atoms with Crippen molar-refractivity contribution in [2.75, 3.05) is 19.8 Å². The van der Waals surface area contributed by atoms with Crippen LogP contribution in [0, 0.1) is 11.3 Å². The van der Waals surface area contributed by atoms with Crippen LogP contribution in [0.2, 0.25) is 0 Å². The molecule has 0 bridgehead atoms. The van der Waals surface area contributed by atoms with E-state index in [0.29, 0.717) is 31.4 Å². The molecule has 2 atom stereocenters. The molecule has 0 aromatic carbocycles. The fourth-order valence-electron chi connectivity index (χ4n) is 3.78. The van der Waals surface area contributed by atoms with Crippen LogP contribution < -0.4 is 11.6 Å². The van der Waals surface area contributed by atoms with Gasteiger partial charge in [0.1, 0.15) is 12.3 Å². The number of nitrogens with two attached hydrogens (primary N) is 2. The molecule has 0 radical (unpaired) electrons. The molecule has 4 N–H and O–H groups in total. The number of nitrogens with zero attached hydrogens (tertiary/aromatic N) is 2. The molecule has 0 aromatic rings. The summed E-state index contributed by atoms with van der Waals surface area (Å²) in [4.78, 5) is 26.2. The van der Waals surface area contributed by atoms with Gasteiger partial charge in [0.25, 0.3) is 0 Å². The van der Waals surface area contributed by atoms with Crippen molar-refractivity contribution in [1.82, 2.24) is 9.91 Å². The molecule has 1 saturated carbocycles. The molecule has 7 heteroatoms.